The van der Waals surface area contributed by atoms with E-state index in [9.17, 15) is 9.59 Å². The zero-order chi connectivity index (χ0) is 19.7. The van der Waals surface area contributed by atoms with Crippen LogP contribution in [-0.2, 0) is 9.53 Å². The summed E-state index contributed by atoms with van der Waals surface area (Å²) in [6.07, 6.45) is 0.283. The number of rotatable bonds is 9. The molecule has 0 aliphatic heterocycles. The van der Waals surface area contributed by atoms with Gasteiger partial charge in [0.1, 0.15) is 5.75 Å². The summed E-state index contributed by atoms with van der Waals surface area (Å²) in [6, 6.07) is 3.88. The fourth-order valence-corrected chi connectivity index (χ4v) is 2.92. The molecule has 0 radical (unpaired) electrons. The summed E-state index contributed by atoms with van der Waals surface area (Å²) >= 11 is 0. The van der Waals surface area contributed by atoms with Crippen molar-refractivity contribution in [2.75, 3.05) is 19.8 Å². The lowest BCUT2D eigenvalue weighted by molar-refractivity contribution is -0.123. The summed E-state index contributed by atoms with van der Waals surface area (Å²) in [6.45, 7) is 12.4. The molecule has 1 rings (SSSR count). The summed E-state index contributed by atoms with van der Waals surface area (Å²) in [4.78, 5) is 23.7. The number of ether oxygens (including phenoxy) is 2. The smallest absolute Gasteiger partial charge is 0.407 e. The Balaban J connectivity index is 2.53. The summed E-state index contributed by atoms with van der Waals surface area (Å²) in [5.41, 5.74) is 3.19. The molecule has 0 bridgehead atoms. The van der Waals surface area contributed by atoms with Gasteiger partial charge in [-0.3, -0.25) is 4.79 Å². The first kappa shape index (κ1) is 21.8. The molecule has 146 valence electrons. The van der Waals surface area contributed by atoms with Crippen LogP contribution in [0.3, 0.4) is 0 Å². The van der Waals surface area contributed by atoms with E-state index in [1.54, 1.807) is 6.92 Å². The van der Waals surface area contributed by atoms with Crippen molar-refractivity contribution in [3.8, 4) is 5.75 Å². The van der Waals surface area contributed by atoms with E-state index in [4.69, 9.17) is 9.47 Å². The van der Waals surface area contributed by atoms with Crippen molar-refractivity contribution < 1.29 is 19.1 Å². The zero-order valence-electron chi connectivity index (χ0n) is 16.8. The third-order valence-corrected chi connectivity index (χ3v) is 3.85. The summed E-state index contributed by atoms with van der Waals surface area (Å²) < 4.78 is 10.6. The molecule has 0 fully saturated rings. The minimum atomic E-state index is -0.463. The van der Waals surface area contributed by atoms with E-state index in [1.807, 2.05) is 32.9 Å². The number of carbonyl (C=O) groups excluding carboxylic acids is 2. The Morgan fingerprint density at radius 1 is 1.12 bits per heavy atom. The van der Waals surface area contributed by atoms with Crippen molar-refractivity contribution in [1.29, 1.82) is 0 Å². The first-order chi connectivity index (χ1) is 12.2. The van der Waals surface area contributed by atoms with Gasteiger partial charge in [-0.1, -0.05) is 31.5 Å². The average Bonchev–Trinajstić information content (AvgIpc) is 2.51. The van der Waals surface area contributed by atoms with Gasteiger partial charge < -0.3 is 20.1 Å². The highest BCUT2D eigenvalue weighted by molar-refractivity contribution is 5.77. The van der Waals surface area contributed by atoms with Crippen molar-refractivity contribution in [3.05, 3.63) is 28.8 Å². The first-order valence-electron chi connectivity index (χ1n) is 9.13. The van der Waals surface area contributed by atoms with Crippen LogP contribution in [0, 0.1) is 26.7 Å². The molecule has 0 aliphatic rings. The Morgan fingerprint density at radius 3 is 2.27 bits per heavy atom. The van der Waals surface area contributed by atoms with Crippen molar-refractivity contribution in [2.45, 2.75) is 54.0 Å². The second-order valence-corrected chi connectivity index (χ2v) is 7.01. The van der Waals surface area contributed by atoms with Gasteiger partial charge in [-0.2, -0.15) is 0 Å². The van der Waals surface area contributed by atoms with Gasteiger partial charge in [0.25, 0.3) is 5.91 Å². The number of benzene rings is 1. The van der Waals surface area contributed by atoms with Crippen LogP contribution < -0.4 is 15.4 Å². The Kier molecular flexibility index (Phi) is 8.96. The van der Waals surface area contributed by atoms with Gasteiger partial charge in [0.2, 0.25) is 0 Å². The van der Waals surface area contributed by atoms with E-state index in [2.05, 4.69) is 24.5 Å². The van der Waals surface area contributed by atoms with Gasteiger partial charge in [-0.25, -0.2) is 4.79 Å². The lowest BCUT2D eigenvalue weighted by atomic mass is 10.0. The predicted molar refractivity (Wildman–Crippen MR) is 103 cm³/mol. The number of carbonyl (C=O) groups is 2. The Hall–Kier alpha value is -2.24. The van der Waals surface area contributed by atoms with E-state index in [1.165, 1.54) is 5.56 Å². The SMILES string of the molecule is CCOC(=O)NC(CNC(=O)COc1c(C)cc(C)cc1C)CC(C)C. The normalized spacial score (nSPS) is 11.8. The Morgan fingerprint density at radius 2 is 1.73 bits per heavy atom. The molecule has 2 N–H and O–H groups in total. The highest BCUT2D eigenvalue weighted by Crippen LogP contribution is 2.24. The molecular weight excluding hydrogens is 332 g/mol. The van der Waals surface area contributed by atoms with E-state index in [0.717, 1.165) is 23.3 Å². The third kappa shape index (κ3) is 7.76. The molecule has 0 spiro atoms. The molecule has 1 atom stereocenters. The molecule has 6 nitrogen and oxygen atoms in total. The van der Waals surface area contributed by atoms with Gasteiger partial charge in [0.05, 0.1) is 6.61 Å². The minimum Gasteiger partial charge on any atom is -0.483 e. The fraction of sp³-hybridized carbons (Fsp3) is 0.600. The molecule has 0 aliphatic carbocycles. The van der Waals surface area contributed by atoms with Gasteiger partial charge in [-0.15, -0.1) is 0 Å². The van der Waals surface area contributed by atoms with Crippen LogP contribution in [0.1, 0.15) is 43.9 Å². The van der Waals surface area contributed by atoms with Crippen LogP contribution in [0.15, 0.2) is 12.1 Å². The van der Waals surface area contributed by atoms with Crippen LogP contribution in [0.2, 0.25) is 0 Å². The van der Waals surface area contributed by atoms with Crippen molar-refractivity contribution in [2.24, 2.45) is 5.92 Å². The number of alkyl carbamates (subject to hydrolysis) is 1. The maximum atomic E-state index is 12.1. The van der Waals surface area contributed by atoms with E-state index >= 15 is 0 Å². The maximum Gasteiger partial charge on any atom is 0.407 e. The van der Waals surface area contributed by atoms with Crippen molar-refractivity contribution in [3.63, 3.8) is 0 Å². The van der Waals surface area contributed by atoms with E-state index in [-0.39, 0.29) is 18.6 Å². The van der Waals surface area contributed by atoms with Gasteiger partial charge in [0, 0.05) is 12.6 Å². The molecule has 1 unspecified atom stereocenters. The van der Waals surface area contributed by atoms with Crippen molar-refractivity contribution in [1.82, 2.24) is 10.6 Å². The lowest BCUT2D eigenvalue weighted by Crippen LogP contribution is -2.45. The first-order valence-corrected chi connectivity index (χ1v) is 9.13. The zero-order valence-corrected chi connectivity index (χ0v) is 16.8. The second-order valence-electron chi connectivity index (χ2n) is 7.01. The van der Waals surface area contributed by atoms with Gasteiger partial charge in [-0.05, 0) is 51.2 Å². The van der Waals surface area contributed by atoms with Crippen LogP contribution in [0.25, 0.3) is 0 Å². The monoisotopic (exact) mass is 364 g/mol. The largest absolute Gasteiger partial charge is 0.483 e. The molecule has 26 heavy (non-hydrogen) atoms. The van der Waals surface area contributed by atoms with Gasteiger partial charge >= 0.3 is 6.09 Å². The molecule has 1 aromatic carbocycles. The molecular formula is C20H32N2O4. The molecule has 0 saturated heterocycles. The minimum absolute atomic E-state index is 0.0570. The maximum absolute atomic E-state index is 12.1. The Labute approximate surface area is 156 Å². The van der Waals surface area contributed by atoms with Gasteiger partial charge in [0.15, 0.2) is 6.61 Å². The topological polar surface area (TPSA) is 76.7 Å². The summed E-state index contributed by atoms with van der Waals surface area (Å²) in [5.74, 6) is 0.908. The molecule has 0 aromatic heterocycles. The van der Waals surface area contributed by atoms with Crippen LogP contribution in [-0.4, -0.2) is 37.8 Å². The van der Waals surface area contributed by atoms with Crippen LogP contribution >= 0.6 is 0 Å². The third-order valence-electron chi connectivity index (χ3n) is 3.85. The number of nitrogens with one attached hydrogen (secondary N) is 2. The second kappa shape index (κ2) is 10.7. The average molecular weight is 364 g/mol. The highest BCUT2D eigenvalue weighted by Gasteiger charge is 2.16. The van der Waals surface area contributed by atoms with Crippen molar-refractivity contribution >= 4 is 12.0 Å². The fourth-order valence-electron chi connectivity index (χ4n) is 2.92. The van der Waals surface area contributed by atoms with E-state index < -0.39 is 6.09 Å². The standard InChI is InChI=1S/C20H32N2O4/c1-7-25-20(24)22-17(8-13(2)3)11-21-18(23)12-26-19-15(5)9-14(4)10-16(19)6/h9-10,13,17H,7-8,11-12H2,1-6H3,(H,21,23)(H,22,24). The number of hydrogen-bond donors (Lipinski definition) is 2. The molecule has 0 heterocycles. The predicted octanol–water partition coefficient (Wildman–Crippen LogP) is 3.27. The lowest BCUT2D eigenvalue weighted by Gasteiger charge is -2.21. The molecule has 0 saturated carbocycles. The highest BCUT2D eigenvalue weighted by atomic mass is 16.5. The number of aryl methyl sites for hydroxylation is 3. The Bertz CT molecular complexity index is 591. The summed E-state index contributed by atoms with van der Waals surface area (Å²) in [5, 5.41) is 5.61. The number of hydrogen-bond acceptors (Lipinski definition) is 4. The van der Waals surface area contributed by atoms with Crippen LogP contribution in [0.4, 0.5) is 4.79 Å². The molecule has 2 amide bonds. The summed E-state index contributed by atoms with van der Waals surface area (Å²) in [7, 11) is 0. The molecule has 1 aromatic rings. The van der Waals surface area contributed by atoms with E-state index in [0.29, 0.717) is 19.1 Å². The number of amides is 2. The molecule has 6 heteroatoms. The quantitative estimate of drug-likeness (QED) is 0.705. The van der Waals surface area contributed by atoms with Crippen LogP contribution in [0.5, 0.6) is 5.75 Å².